The summed E-state index contributed by atoms with van der Waals surface area (Å²) in [6.45, 7) is 6.99. The van der Waals surface area contributed by atoms with Crippen LogP contribution in [0.5, 0.6) is 0 Å². The smallest absolute Gasteiger partial charge is 0.412 e. The van der Waals surface area contributed by atoms with Crippen LogP contribution in [0.15, 0.2) is 41.0 Å². The Balaban J connectivity index is 1.81. The number of hydrogen-bond donors (Lipinski definition) is 3. The fourth-order valence-corrected chi connectivity index (χ4v) is 2.17. The lowest BCUT2D eigenvalue weighted by Gasteiger charge is -2.19. The first kappa shape index (κ1) is 20.0. The summed E-state index contributed by atoms with van der Waals surface area (Å²) in [5.41, 5.74) is 5.73. The second kappa shape index (κ2) is 8.39. The molecule has 0 aliphatic heterocycles. The molecule has 0 saturated carbocycles. The Morgan fingerprint density at radius 3 is 2.26 bits per heavy atom. The molecule has 3 amide bonds. The second-order valence-corrected chi connectivity index (χ2v) is 6.89. The van der Waals surface area contributed by atoms with Crippen LogP contribution in [0.1, 0.15) is 42.5 Å². The van der Waals surface area contributed by atoms with Crippen molar-refractivity contribution >= 4 is 23.6 Å². The summed E-state index contributed by atoms with van der Waals surface area (Å²) < 4.78 is 10.2. The van der Waals surface area contributed by atoms with Crippen LogP contribution in [0.4, 0.5) is 10.5 Å². The van der Waals surface area contributed by atoms with Crippen LogP contribution in [0.3, 0.4) is 0 Å². The van der Waals surface area contributed by atoms with Crippen molar-refractivity contribution < 1.29 is 23.5 Å². The molecule has 2 aromatic rings. The van der Waals surface area contributed by atoms with Gasteiger partial charge in [-0.15, -0.1) is 0 Å². The summed E-state index contributed by atoms with van der Waals surface area (Å²) in [5.74, 6) is -0.362. The van der Waals surface area contributed by atoms with Gasteiger partial charge in [0.05, 0.1) is 18.2 Å². The van der Waals surface area contributed by atoms with Crippen molar-refractivity contribution in [2.45, 2.75) is 39.7 Å². The number of nitrogens with one attached hydrogen (secondary N) is 3. The second-order valence-electron chi connectivity index (χ2n) is 6.89. The molecule has 3 N–H and O–H groups in total. The van der Waals surface area contributed by atoms with Gasteiger partial charge in [-0.3, -0.25) is 25.8 Å². The van der Waals surface area contributed by atoms with Gasteiger partial charge in [-0.2, -0.15) is 0 Å². The van der Waals surface area contributed by atoms with E-state index in [4.69, 9.17) is 9.15 Å². The van der Waals surface area contributed by atoms with Gasteiger partial charge in [0.25, 0.3) is 5.91 Å². The standard InChI is InChI=1S/C19H23N3O5/c1-12-15(9-10-26-12)17(24)22-21-16(23)11-13-5-7-14(8-6-13)20-18(25)27-19(2,3)4/h5-10H,11H2,1-4H3,(H,20,25)(H,21,23)(H,22,24). The predicted molar refractivity (Wildman–Crippen MR) is 99.1 cm³/mol. The Hall–Kier alpha value is -3.29. The lowest BCUT2D eigenvalue weighted by Crippen LogP contribution is -2.42. The van der Waals surface area contributed by atoms with Crippen LogP contribution < -0.4 is 16.2 Å². The quantitative estimate of drug-likeness (QED) is 0.714. The molecule has 2 rings (SSSR count). The first-order valence-corrected chi connectivity index (χ1v) is 8.36. The average Bonchev–Trinajstić information content (AvgIpc) is 2.99. The molecule has 1 aromatic carbocycles. The number of hydrazine groups is 1. The van der Waals surface area contributed by atoms with Crippen LogP contribution >= 0.6 is 0 Å². The fourth-order valence-electron chi connectivity index (χ4n) is 2.17. The third kappa shape index (κ3) is 6.50. The molecule has 144 valence electrons. The molecular formula is C19H23N3O5. The summed E-state index contributed by atoms with van der Waals surface area (Å²) >= 11 is 0. The normalized spacial score (nSPS) is 10.8. The van der Waals surface area contributed by atoms with Crippen molar-refractivity contribution in [3.05, 3.63) is 53.5 Å². The van der Waals surface area contributed by atoms with Gasteiger partial charge in [-0.1, -0.05) is 12.1 Å². The Morgan fingerprint density at radius 2 is 1.70 bits per heavy atom. The van der Waals surface area contributed by atoms with E-state index in [2.05, 4.69) is 16.2 Å². The molecule has 0 spiro atoms. The zero-order chi connectivity index (χ0) is 20.0. The van der Waals surface area contributed by atoms with Gasteiger partial charge < -0.3 is 9.15 Å². The van der Waals surface area contributed by atoms with Crippen LogP contribution in [-0.2, 0) is 16.0 Å². The van der Waals surface area contributed by atoms with Crippen molar-refractivity contribution in [1.29, 1.82) is 0 Å². The maximum Gasteiger partial charge on any atom is 0.412 e. The third-order valence-corrected chi connectivity index (χ3v) is 3.38. The maximum absolute atomic E-state index is 12.0. The third-order valence-electron chi connectivity index (χ3n) is 3.38. The molecule has 0 saturated heterocycles. The Morgan fingerprint density at radius 1 is 1.04 bits per heavy atom. The van der Waals surface area contributed by atoms with Crippen LogP contribution in [-0.4, -0.2) is 23.5 Å². The number of hydrogen-bond acceptors (Lipinski definition) is 5. The average molecular weight is 373 g/mol. The van der Waals surface area contributed by atoms with E-state index >= 15 is 0 Å². The summed E-state index contributed by atoms with van der Waals surface area (Å²) in [6, 6.07) is 8.26. The Labute approximate surface area is 157 Å². The van der Waals surface area contributed by atoms with E-state index in [9.17, 15) is 14.4 Å². The number of benzene rings is 1. The van der Waals surface area contributed by atoms with E-state index in [-0.39, 0.29) is 12.3 Å². The van der Waals surface area contributed by atoms with Crippen LogP contribution in [0.25, 0.3) is 0 Å². The molecule has 0 fully saturated rings. The van der Waals surface area contributed by atoms with E-state index in [1.807, 2.05) is 0 Å². The Bertz CT molecular complexity index is 819. The van der Waals surface area contributed by atoms with Crippen molar-refractivity contribution in [2.75, 3.05) is 5.32 Å². The Kier molecular flexibility index (Phi) is 6.23. The van der Waals surface area contributed by atoms with Gasteiger partial charge in [0.1, 0.15) is 11.4 Å². The fraction of sp³-hybridized carbons (Fsp3) is 0.316. The number of anilines is 1. The number of carbonyl (C=O) groups excluding carboxylic acids is 3. The van der Waals surface area contributed by atoms with E-state index in [1.165, 1.54) is 12.3 Å². The maximum atomic E-state index is 12.0. The van der Waals surface area contributed by atoms with Crippen molar-refractivity contribution in [2.24, 2.45) is 0 Å². The molecule has 1 heterocycles. The molecule has 0 atom stereocenters. The molecular weight excluding hydrogens is 350 g/mol. The van der Waals surface area contributed by atoms with Crippen molar-refractivity contribution in [1.82, 2.24) is 10.9 Å². The molecule has 0 unspecified atom stereocenters. The number of furan rings is 1. The van der Waals surface area contributed by atoms with Crippen molar-refractivity contribution in [3.63, 3.8) is 0 Å². The number of rotatable bonds is 4. The van der Waals surface area contributed by atoms with Gasteiger partial charge in [0, 0.05) is 5.69 Å². The zero-order valence-electron chi connectivity index (χ0n) is 15.7. The van der Waals surface area contributed by atoms with Crippen molar-refractivity contribution in [3.8, 4) is 0 Å². The van der Waals surface area contributed by atoms with E-state index < -0.39 is 17.6 Å². The molecule has 0 aliphatic rings. The number of carbonyl (C=O) groups is 3. The highest BCUT2D eigenvalue weighted by Crippen LogP contribution is 2.13. The lowest BCUT2D eigenvalue weighted by atomic mass is 10.1. The largest absolute Gasteiger partial charge is 0.469 e. The topological polar surface area (TPSA) is 110 Å². The van der Waals surface area contributed by atoms with Gasteiger partial charge in [0.2, 0.25) is 5.91 Å². The molecule has 0 aliphatic carbocycles. The summed E-state index contributed by atoms with van der Waals surface area (Å²) in [6.07, 6.45) is 0.918. The lowest BCUT2D eigenvalue weighted by molar-refractivity contribution is -0.121. The molecule has 8 nitrogen and oxygen atoms in total. The SMILES string of the molecule is Cc1occc1C(=O)NNC(=O)Cc1ccc(NC(=O)OC(C)(C)C)cc1. The highest BCUT2D eigenvalue weighted by Gasteiger charge is 2.16. The van der Waals surface area contributed by atoms with Gasteiger partial charge in [-0.05, 0) is 51.5 Å². The number of aryl methyl sites for hydroxylation is 1. The van der Waals surface area contributed by atoms with Crippen LogP contribution in [0, 0.1) is 6.92 Å². The highest BCUT2D eigenvalue weighted by atomic mass is 16.6. The number of ether oxygens (including phenoxy) is 1. The molecule has 0 bridgehead atoms. The zero-order valence-corrected chi connectivity index (χ0v) is 15.7. The van der Waals surface area contributed by atoms with Crippen LogP contribution in [0.2, 0.25) is 0 Å². The summed E-state index contributed by atoms with van der Waals surface area (Å²) in [5, 5.41) is 2.61. The minimum absolute atomic E-state index is 0.0668. The minimum Gasteiger partial charge on any atom is -0.469 e. The van der Waals surface area contributed by atoms with E-state index in [0.29, 0.717) is 17.0 Å². The molecule has 0 radical (unpaired) electrons. The summed E-state index contributed by atoms with van der Waals surface area (Å²) in [4.78, 5) is 35.6. The molecule has 8 heteroatoms. The minimum atomic E-state index is -0.582. The summed E-state index contributed by atoms with van der Waals surface area (Å²) in [7, 11) is 0. The van der Waals surface area contributed by atoms with E-state index in [0.717, 1.165) is 5.56 Å². The highest BCUT2D eigenvalue weighted by molar-refractivity contribution is 5.96. The molecule has 1 aromatic heterocycles. The first-order chi connectivity index (χ1) is 12.6. The molecule has 27 heavy (non-hydrogen) atoms. The monoisotopic (exact) mass is 373 g/mol. The van der Waals surface area contributed by atoms with Gasteiger partial charge in [-0.25, -0.2) is 4.79 Å². The first-order valence-electron chi connectivity index (χ1n) is 8.36. The van der Waals surface area contributed by atoms with E-state index in [1.54, 1.807) is 52.0 Å². The van der Waals surface area contributed by atoms with Gasteiger partial charge >= 0.3 is 6.09 Å². The predicted octanol–water partition coefficient (Wildman–Crippen LogP) is 2.94. The van der Waals surface area contributed by atoms with Gasteiger partial charge in [0.15, 0.2) is 0 Å². The number of amides is 3.